The van der Waals surface area contributed by atoms with Crippen LogP contribution in [0.2, 0.25) is 0 Å². The third-order valence-corrected chi connectivity index (χ3v) is 3.37. The maximum absolute atomic E-state index is 12.8. The van der Waals surface area contributed by atoms with Gasteiger partial charge in [0.25, 0.3) is 11.7 Å². The van der Waals surface area contributed by atoms with E-state index < -0.39 is 5.91 Å². The molecule has 2 N–H and O–H groups in total. The zero-order valence-corrected chi connectivity index (χ0v) is 11.3. The molecule has 0 radical (unpaired) electrons. The molecule has 1 aliphatic rings. The number of carbonyl (C=O) groups is 1. The molecule has 0 aliphatic carbocycles. The number of amides is 1. The molecule has 3 rings (SSSR count). The Bertz CT molecular complexity index is 620. The van der Waals surface area contributed by atoms with Gasteiger partial charge in [0.2, 0.25) is 5.89 Å². The molecular weight excluding hydrogens is 275 g/mol. The van der Waals surface area contributed by atoms with E-state index in [4.69, 9.17) is 4.52 Å². The molecule has 1 saturated heterocycles. The van der Waals surface area contributed by atoms with E-state index in [9.17, 15) is 9.18 Å². The summed E-state index contributed by atoms with van der Waals surface area (Å²) < 4.78 is 17.9. The lowest BCUT2D eigenvalue weighted by atomic mass is 10.2. The van der Waals surface area contributed by atoms with Gasteiger partial charge >= 0.3 is 0 Å². The Hall–Kier alpha value is -2.28. The molecule has 2 aromatic rings. The van der Waals surface area contributed by atoms with Gasteiger partial charge in [0.05, 0.1) is 6.04 Å². The maximum Gasteiger partial charge on any atom is 0.292 e. The average Bonchev–Trinajstić information content (AvgIpc) is 3.17. The Kier molecular flexibility index (Phi) is 3.92. The lowest BCUT2D eigenvalue weighted by Crippen LogP contribution is -2.24. The predicted octanol–water partition coefficient (Wildman–Crippen LogP) is 1.56. The molecule has 1 amide bonds. The van der Waals surface area contributed by atoms with Crippen LogP contribution in [0, 0.1) is 5.82 Å². The Morgan fingerprint density at radius 1 is 1.43 bits per heavy atom. The van der Waals surface area contributed by atoms with Crippen molar-refractivity contribution in [1.82, 2.24) is 20.8 Å². The number of hydrogen-bond acceptors (Lipinski definition) is 5. The zero-order chi connectivity index (χ0) is 14.7. The third kappa shape index (κ3) is 3.25. The fraction of sp³-hybridized carbons (Fsp3) is 0.357. The van der Waals surface area contributed by atoms with Gasteiger partial charge in [0.15, 0.2) is 0 Å². The van der Waals surface area contributed by atoms with Gasteiger partial charge in [-0.05, 0) is 37.1 Å². The number of nitrogens with zero attached hydrogens (tertiary/aromatic N) is 2. The predicted molar refractivity (Wildman–Crippen MR) is 71.8 cm³/mol. The van der Waals surface area contributed by atoms with Crippen molar-refractivity contribution in [2.24, 2.45) is 0 Å². The second kappa shape index (κ2) is 6.01. The number of halogens is 1. The molecule has 1 aliphatic heterocycles. The number of nitrogens with one attached hydrogen (secondary N) is 2. The highest BCUT2D eigenvalue weighted by Gasteiger charge is 2.24. The highest BCUT2D eigenvalue weighted by Crippen LogP contribution is 2.20. The van der Waals surface area contributed by atoms with E-state index in [0.717, 1.165) is 24.9 Å². The molecule has 1 unspecified atom stereocenters. The lowest BCUT2D eigenvalue weighted by molar-refractivity contribution is 0.0937. The summed E-state index contributed by atoms with van der Waals surface area (Å²) in [7, 11) is 0. The Labute approximate surface area is 120 Å². The fourth-order valence-electron chi connectivity index (χ4n) is 2.23. The fourth-order valence-corrected chi connectivity index (χ4v) is 2.23. The highest BCUT2D eigenvalue weighted by molar-refractivity contribution is 5.90. The minimum atomic E-state index is -0.410. The van der Waals surface area contributed by atoms with Crippen molar-refractivity contribution in [2.75, 3.05) is 6.54 Å². The maximum atomic E-state index is 12.8. The molecule has 0 bridgehead atoms. The summed E-state index contributed by atoms with van der Waals surface area (Å²) in [5.74, 6) is -0.260. The topological polar surface area (TPSA) is 80.0 Å². The van der Waals surface area contributed by atoms with Crippen LogP contribution in [-0.4, -0.2) is 22.6 Å². The van der Waals surface area contributed by atoms with Crippen molar-refractivity contribution in [3.8, 4) is 0 Å². The molecule has 1 fully saturated rings. The summed E-state index contributed by atoms with van der Waals surface area (Å²) in [5.41, 5.74) is 0.797. The van der Waals surface area contributed by atoms with Crippen LogP contribution in [0.25, 0.3) is 0 Å². The Morgan fingerprint density at radius 3 is 2.95 bits per heavy atom. The monoisotopic (exact) mass is 290 g/mol. The summed E-state index contributed by atoms with van der Waals surface area (Å²) in [4.78, 5) is 16.0. The van der Waals surface area contributed by atoms with Gasteiger partial charge in [-0.25, -0.2) is 4.39 Å². The number of carbonyl (C=O) groups excluding carboxylic acids is 1. The van der Waals surface area contributed by atoms with Crippen LogP contribution in [0.5, 0.6) is 0 Å². The Morgan fingerprint density at radius 2 is 2.24 bits per heavy atom. The van der Waals surface area contributed by atoms with E-state index in [2.05, 4.69) is 20.8 Å². The number of hydrogen-bond donors (Lipinski definition) is 2. The number of aromatic nitrogens is 2. The minimum absolute atomic E-state index is 0.0146. The van der Waals surface area contributed by atoms with Crippen molar-refractivity contribution in [3.63, 3.8) is 0 Å². The van der Waals surface area contributed by atoms with Crippen molar-refractivity contribution in [1.29, 1.82) is 0 Å². The van der Waals surface area contributed by atoms with Gasteiger partial charge in [-0.1, -0.05) is 17.3 Å². The first-order valence-electron chi connectivity index (χ1n) is 6.82. The van der Waals surface area contributed by atoms with Gasteiger partial charge in [-0.15, -0.1) is 0 Å². The van der Waals surface area contributed by atoms with Gasteiger partial charge < -0.3 is 15.2 Å². The number of benzene rings is 1. The molecule has 0 spiro atoms. The van der Waals surface area contributed by atoms with Crippen molar-refractivity contribution in [3.05, 3.63) is 47.4 Å². The van der Waals surface area contributed by atoms with Crippen LogP contribution in [0.1, 0.15) is 41.0 Å². The molecule has 110 valence electrons. The first-order chi connectivity index (χ1) is 10.2. The molecule has 0 saturated carbocycles. The van der Waals surface area contributed by atoms with Crippen LogP contribution in [0.4, 0.5) is 4.39 Å². The third-order valence-electron chi connectivity index (χ3n) is 3.37. The van der Waals surface area contributed by atoms with Gasteiger partial charge in [0.1, 0.15) is 5.82 Å². The van der Waals surface area contributed by atoms with Crippen molar-refractivity contribution >= 4 is 5.91 Å². The zero-order valence-electron chi connectivity index (χ0n) is 11.3. The molecule has 1 atom stereocenters. The number of rotatable bonds is 4. The second-order valence-electron chi connectivity index (χ2n) is 4.91. The summed E-state index contributed by atoms with van der Waals surface area (Å²) in [5, 5.41) is 9.59. The second-order valence-corrected chi connectivity index (χ2v) is 4.91. The molecule has 7 heteroatoms. The molecular formula is C14H15FN4O2. The Balaban J connectivity index is 1.59. The quantitative estimate of drug-likeness (QED) is 0.893. The van der Waals surface area contributed by atoms with Gasteiger partial charge in [-0.3, -0.25) is 4.79 Å². The van der Waals surface area contributed by atoms with Crippen LogP contribution in [0.15, 0.2) is 28.8 Å². The van der Waals surface area contributed by atoms with Crippen LogP contribution in [0.3, 0.4) is 0 Å². The molecule has 21 heavy (non-hydrogen) atoms. The highest BCUT2D eigenvalue weighted by atomic mass is 19.1. The SMILES string of the molecule is O=C(NCc1ccc(F)cc1)c1noc(C2CCCN2)n1. The normalized spacial score (nSPS) is 17.9. The van der Waals surface area contributed by atoms with Gasteiger partial charge in [-0.2, -0.15) is 4.98 Å². The standard InChI is InChI=1S/C14H15FN4O2/c15-10-5-3-9(4-6-10)8-17-13(20)12-18-14(21-19-12)11-2-1-7-16-11/h3-6,11,16H,1-2,7-8H2,(H,17,20). The van der Waals surface area contributed by atoms with Crippen LogP contribution < -0.4 is 10.6 Å². The van der Waals surface area contributed by atoms with E-state index in [1.54, 1.807) is 12.1 Å². The van der Waals surface area contributed by atoms with Crippen LogP contribution >= 0.6 is 0 Å². The van der Waals surface area contributed by atoms with E-state index in [1.807, 2.05) is 0 Å². The van der Waals surface area contributed by atoms with Gasteiger partial charge in [0, 0.05) is 6.54 Å². The van der Waals surface area contributed by atoms with Crippen molar-refractivity contribution in [2.45, 2.75) is 25.4 Å². The largest absolute Gasteiger partial charge is 0.345 e. The van der Waals surface area contributed by atoms with Crippen LogP contribution in [-0.2, 0) is 6.54 Å². The first-order valence-corrected chi connectivity index (χ1v) is 6.82. The van der Waals surface area contributed by atoms with E-state index in [1.165, 1.54) is 12.1 Å². The molecule has 1 aromatic heterocycles. The minimum Gasteiger partial charge on any atom is -0.345 e. The first kappa shape index (κ1) is 13.7. The van der Waals surface area contributed by atoms with Crippen molar-refractivity contribution < 1.29 is 13.7 Å². The average molecular weight is 290 g/mol. The molecule has 1 aromatic carbocycles. The summed E-state index contributed by atoms with van der Waals surface area (Å²) in [6, 6.07) is 5.95. The van der Waals surface area contributed by atoms with E-state index in [-0.39, 0.29) is 24.2 Å². The summed E-state index contributed by atoms with van der Waals surface area (Å²) in [6.45, 7) is 1.20. The smallest absolute Gasteiger partial charge is 0.292 e. The molecule has 6 nitrogen and oxygen atoms in total. The lowest BCUT2D eigenvalue weighted by Gasteiger charge is -2.02. The summed E-state index contributed by atoms with van der Waals surface area (Å²) >= 11 is 0. The summed E-state index contributed by atoms with van der Waals surface area (Å²) in [6.07, 6.45) is 1.98. The molecule has 2 heterocycles. The van der Waals surface area contributed by atoms with E-state index in [0.29, 0.717) is 5.89 Å². The van der Waals surface area contributed by atoms with E-state index >= 15 is 0 Å².